The first kappa shape index (κ1) is 15.5. The van der Waals surface area contributed by atoms with Gasteiger partial charge in [0, 0.05) is 42.1 Å². The zero-order valence-electron chi connectivity index (χ0n) is 14.9. The molecule has 0 saturated heterocycles. The van der Waals surface area contributed by atoms with E-state index in [4.69, 9.17) is 0 Å². The van der Waals surface area contributed by atoms with Crippen LogP contribution in [0.1, 0.15) is 29.3 Å². The summed E-state index contributed by atoms with van der Waals surface area (Å²) in [6.07, 6.45) is 2.24. The van der Waals surface area contributed by atoms with Gasteiger partial charge in [0.1, 0.15) is 0 Å². The third kappa shape index (κ3) is 2.65. The summed E-state index contributed by atoms with van der Waals surface area (Å²) in [6, 6.07) is 18.4. The number of nitrogens with zero attached hydrogens (tertiary/aromatic N) is 2. The molecule has 1 aromatic heterocycles. The minimum absolute atomic E-state index is 0.610. The van der Waals surface area contributed by atoms with E-state index >= 15 is 0 Å². The molecule has 3 aromatic rings. The summed E-state index contributed by atoms with van der Waals surface area (Å²) in [5.41, 5.74) is 7.27. The predicted molar refractivity (Wildman–Crippen MR) is 101 cm³/mol. The topological polar surface area (TPSA) is 8.17 Å². The van der Waals surface area contributed by atoms with Gasteiger partial charge in [0.25, 0.3) is 0 Å². The third-order valence-corrected chi connectivity index (χ3v) is 5.56. The van der Waals surface area contributed by atoms with Gasteiger partial charge in [-0.25, -0.2) is 0 Å². The van der Waals surface area contributed by atoms with E-state index in [9.17, 15) is 0 Å². The van der Waals surface area contributed by atoms with Crippen molar-refractivity contribution < 1.29 is 0 Å². The Morgan fingerprint density at radius 2 is 1.88 bits per heavy atom. The van der Waals surface area contributed by atoms with Crippen LogP contribution in [0.5, 0.6) is 0 Å². The van der Waals surface area contributed by atoms with E-state index in [2.05, 4.69) is 78.9 Å². The Balaban J connectivity index is 1.78. The summed E-state index contributed by atoms with van der Waals surface area (Å²) >= 11 is 0. The van der Waals surface area contributed by atoms with Crippen molar-refractivity contribution in [2.24, 2.45) is 0 Å². The minimum Gasteiger partial charge on any atom is -0.344 e. The van der Waals surface area contributed by atoms with Crippen LogP contribution in [-0.2, 0) is 25.9 Å². The number of likely N-dealkylation sites (N-methyl/N-ethyl adjacent to an activating group) is 1. The maximum absolute atomic E-state index is 2.58. The quantitative estimate of drug-likeness (QED) is 0.687. The highest BCUT2D eigenvalue weighted by Gasteiger charge is 2.26. The zero-order valence-corrected chi connectivity index (χ0v) is 14.9. The molecule has 124 valence electrons. The van der Waals surface area contributed by atoms with E-state index in [0.29, 0.717) is 6.04 Å². The molecule has 24 heavy (non-hydrogen) atoms. The SMILES string of the molecule is Cc1ccc2c(c1)c1c(n2CCc2ccccc2)C[C@@H](C)N(C)C1. The molecule has 0 spiro atoms. The minimum atomic E-state index is 0.610. The highest BCUT2D eigenvalue weighted by Crippen LogP contribution is 2.33. The molecule has 0 amide bonds. The molecule has 2 nitrogen and oxygen atoms in total. The molecule has 1 aliphatic heterocycles. The lowest BCUT2D eigenvalue weighted by molar-refractivity contribution is 0.228. The lowest BCUT2D eigenvalue weighted by Gasteiger charge is -2.31. The molecule has 4 rings (SSSR count). The van der Waals surface area contributed by atoms with Crippen LogP contribution < -0.4 is 0 Å². The fourth-order valence-corrected chi connectivity index (χ4v) is 3.98. The molecule has 2 heterocycles. The molecule has 2 heteroatoms. The molecular weight excluding hydrogens is 292 g/mol. The maximum atomic E-state index is 2.58. The Morgan fingerprint density at radius 1 is 1.08 bits per heavy atom. The largest absolute Gasteiger partial charge is 0.344 e. The molecule has 0 N–H and O–H groups in total. The molecule has 2 aromatic carbocycles. The second-order valence-electron chi connectivity index (χ2n) is 7.30. The van der Waals surface area contributed by atoms with Gasteiger partial charge in [0.05, 0.1) is 0 Å². The van der Waals surface area contributed by atoms with Crippen LogP contribution in [0.4, 0.5) is 0 Å². The first-order valence-electron chi connectivity index (χ1n) is 8.98. The number of aromatic nitrogens is 1. The van der Waals surface area contributed by atoms with E-state index in [1.54, 1.807) is 11.3 Å². The van der Waals surface area contributed by atoms with Crippen molar-refractivity contribution in [3.05, 3.63) is 70.9 Å². The Bertz CT molecular complexity index is 861. The van der Waals surface area contributed by atoms with Crippen molar-refractivity contribution in [2.75, 3.05) is 7.05 Å². The molecule has 0 fully saturated rings. The summed E-state index contributed by atoms with van der Waals surface area (Å²) in [6.45, 7) is 6.67. The van der Waals surface area contributed by atoms with E-state index in [-0.39, 0.29) is 0 Å². The maximum Gasteiger partial charge on any atom is 0.0486 e. The molecular formula is C22H26N2. The highest BCUT2D eigenvalue weighted by molar-refractivity contribution is 5.86. The van der Waals surface area contributed by atoms with E-state index in [0.717, 1.165) is 25.9 Å². The zero-order chi connectivity index (χ0) is 16.7. The van der Waals surface area contributed by atoms with Gasteiger partial charge in [-0.1, -0.05) is 42.0 Å². The summed E-state index contributed by atoms with van der Waals surface area (Å²) in [7, 11) is 2.25. The van der Waals surface area contributed by atoms with E-state index in [1.807, 2.05) is 0 Å². The molecule has 0 unspecified atom stereocenters. The molecule has 0 radical (unpaired) electrons. The van der Waals surface area contributed by atoms with Crippen molar-refractivity contribution in [3.63, 3.8) is 0 Å². The van der Waals surface area contributed by atoms with E-state index in [1.165, 1.54) is 22.0 Å². The number of hydrogen-bond donors (Lipinski definition) is 0. The van der Waals surface area contributed by atoms with Crippen LogP contribution in [0.2, 0.25) is 0 Å². The molecule has 0 aliphatic carbocycles. The predicted octanol–water partition coefficient (Wildman–Crippen LogP) is 4.57. The number of fused-ring (bicyclic) bond motifs is 3. The van der Waals surface area contributed by atoms with E-state index < -0.39 is 0 Å². The van der Waals surface area contributed by atoms with Gasteiger partial charge in [-0.2, -0.15) is 0 Å². The smallest absolute Gasteiger partial charge is 0.0486 e. The Hall–Kier alpha value is -2.06. The van der Waals surface area contributed by atoms with Crippen LogP contribution >= 0.6 is 0 Å². The number of rotatable bonds is 3. The standard InChI is InChI=1S/C22H26N2/c1-16-9-10-21-19(13-16)20-15-23(3)17(2)14-22(20)24(21)12-11-18-7-5-4-6-8-18/h4-10,13,17H,11-12,14-15H2,1-3H3/t17-/m1/s1. The Morgan fingerprint density at radius 3 is 2.67 bits per heavy atom. The lowest BCUT2D eigenvalue weighted by atomic mass is 9.99. The van der Waals surface area contributed by atoms with Crippen molar-refractivity contribution in [3.8, 4) is 0 Å². The molecule has 0 saturated carbocycles. The van der Waals surface area contributed by atoms with Crippen molar-refractivity contribution in [1.29, 1.82) is 0 Å². The monoisotopic (exact) mass is 318 g/mol. The second kappa shape index (κ2) is 6.10. The van der Waals surface area contributed by atoms with Crippen LogP contribution in [0, 0.1) is 6.92 Å². The van der Waals surface area contributed by atoms with Crippen LogP contribution in [0.15, 0.2) is 48.5 Å². The van der Waals surface area contributed by atoms with Gasteiger partial charge in [0.2, 0.25) is 0 Å². The first-order chi connectivity index (χ1) is 11.6. The van der Waals surface area contributed by atoms with Gasteiger partial charge in [-0.15, -0.1) is 0 Å². The number of benzene rings is 2. The van der Waals surface area contributed by atoms with Crippen molar-refractivity contribution in [1.82, 2.24) is 9.47 Å². The Kier molecular flexibility index (Phi) is 3.93. The van der Waals surface area contributed by atoms with Gasteiger partial charge < -0.3 is 4.57 Å². The van der Waals surface area contributed by atoms with Crippen LogP contribution in [0.3, 0.4) is 0 Å². The summed E-state index contributed by atoms with van der Waals surface area (Å²) in [4.78, 5) is 2.48. The highest BCUT2D eigenvalue weighted by atomic mass is 15.1. The fourth-order valence-electron chi connectivity index (χ4n) is 3.98. The Labute approximate surface area is 144 Å². The van der Waals surface area contributed by atoms with Crippen LogP contribution in [0.25, 0.3) is 10.9 Å². The average molecular weight is 318 g/mol. The average Bonchev–Trinajstić information content (AvgIpc) is 2.87. The first-order valence-corrected chi connectivity index (χ1v) is 8.98. The van der Waals surface area contributed by atoms with Crippen molar-refractivity contribution in [2.45, 2.75) is 45.8 Å². The number of aryl methyl sites for hydroxylation is 3. The fraction of sp³-hybridized carbons (Fsp3) is 0.364. The summed E-state index contributed by atoms with van der Waals surface area (Å²) in [5.74, 6) is 0. The van der Waals surface area contributed by atoms with Crippen molar-refractivity contribution >= 4 is 10.9 Å². The molecule has 0 bridgehead atoms. The summed E-state index contributed by atoms with van der Waals surface area (Å²) < 4.78 is 2.58. The second-order valence-corrected chi connectivity index (χ2v) is 7.30. The lowest BCUT2D eigenvalue weighted by Crippen LogP contribution is -2.35. The third-order valence-electron chi connectivity index (χ3n) is 5.56. The molecule has 1 aliphatic rings. The van der Waals surface area contributed by atoms with Gasteiger partial charge >= 0.3 is 0 Å². The molecule has 1 atom stereocenters. The van der Waals surface area contributed by atoms with Gasteiger partial charge in [-0.3, -0.25) is 4.90 Å². The normalized spacial score (nSPS) is 18.0. The summed E-state index contributed by atoms with van der Waals surface area (Å²) in [5, 5.41) is 1.46. The van der Waals surface area contributed by atoms with Gasteiger partial charge in [-0.05, 0) is 50.6 Å². The van der Waals surface area contributed by atoms with Gasteiger partial charge in [0.15, 0.2) is 0 Å². The van der Waals surface area contributed by atoms with Crippen LogP contribution in [-0.4, -0.2) is 22.6 Å². The number of hydrogen-bond acceptors (Lipinski definition) is 1.